The van der Waals surface area contributed by atoms with E-state index in [0.717, 1.165) is 0 Å². The Balaban J connectivity index is 1.68. The Morgan fingerprint density at radius 3 is 2.34 bits per heavy atom. The third-order valence-corrected chi connectivity index (χ3v) is 7.03. The highest BCUT2D eigenvalue weighted by Crippen LogP contribution is 2.55. The average molecular weight is 454 g/mol. The zero-order valence-electron chi connectivity index (χ0n) is 17.9. The van der Waals surface area contributed by atoms with Crippen LogP contribution in [0, 0.1) is 11.8 Å². The summed E-state index contributed by atoms with van der Waals surface area (Å²) in [4.78, 5) is 42.0. The average Bonchev–Trinajstić information content (AvgIpc) is 3.32. The lowest BCUT2D eigenvalue weighted by molar-refractivity contribution is -0.148. The number of aliphatic hydroxyl groups excluding tert-OH is 1. The van der Waals surface area contributed by atoms with Crippen molar-refractivity contribution in [3.63, 3.8) is 0 Å². The molecule has 5 rings (SSSR count). The number of benzene rings is 2. The van der Waals surface area contributed by atoms with Crippen molar-refractivity contribution in [1.82, 2.24) is 10.2 Å². The molecule has 2 aromatic carbocycles. The minimum absolute atomic E-state index is 0.382. The molecule has 32 heavy (non-hydrogen) atoms. The molecule has 2 fully saturated rings. The van der Waals surface area contributed by atoms with Crippen molar-refractivity contribution < 1.29 is 19.5 Å². The summed E-state index contributed by atoms with van der Waals surface area (Å²) in [7, 11) is 0. The van der Waals surface area contributed by atoms with Gasteiger partial charge in [0.1, 0.15) is 5.54 Å². The third-order valence-electron chi connectivity index (χ3n) is 6.78. The first-order chi connectivity index (χ1) is 15.1. The first-order valence-corrected chi connectivity index (χ1v) is 11.0. The van der Waals surface area contributed by atoms with Crippen LogP contribution >= 0.6 is 11.6 Å². The number of hydrogen-bond donors (Lipinski definition) is 3. The van der Waals surface area contributed by atoms with Crippen molar-refractivity contribution in [1.29, 1.82) is 0 Å². The maximum absolute atomic E-state index is 13.7. The molecule has 1 spiro atoms. The summed E-state index contributed by atoms with van der Waals surface area (Å²) in [5.74, 6) is -3.05. The Bertz CT molecular complexity index is 1140. The molecule has 3 aliphatic rings. The van der Waals surface area contributed by atoms with Crippen LogP contribution in [-0.2, 0) is 19.9 Å². The molecule has 166 valence electrons. The van der Waals surface area contributed by atoms with Crippen LogP contribution in [-0.4, -0.2) is 39.3 Å². The normalized spacial score (nSPS) is 30.0. The number of imide groups is 1. The van der Waals surface area contributed by atoms with E-state index in [4.69, 9.17) is 11.6 Å². The van der Waals surface area contributed by atoms with Crippen LogP contribution in [0.4, 0.5) is 5.69 Å². The van der Waals surface area contributed by atoms with E-state index < -0.39 is 46.9 Å². The number of nitrogens with one attached hydrogen (secondary N) is 2. The molecular formula is C24H24ClN3O4. The van der Waals surface area contributed by atoms with Gasteiger partial charge in [-0.2, -0.15) is 0 Å². The third kappa shape index (κ3) is 2.71. The smallest absolute Gasteiger partial charge is 0.250 e. The molecule has 0 bridgehead atoms. The molecule has 3 N–H and O–H groups in total. The van der Waals surface area contributed by atoms with Crippen molar-refractivity contribution in [3.05, 3.63) is 64.7 Å². The van der Waals surface area contributed by atoms with Gasteiger partial charge in [-0.25, -0.2) is 0 Å². The SMILES string of the molecule is CC(C)(C)N1C(=O)[C@@H]2[C@H]([C@H](O)c3ccc(Cl)cc3)N[C@]3(C(=O)Nc4ccccc43)[C@@H]2C1=O. The van der Waals surface area contributed by atoms with E-state index in [1.165, 1.54) is 4.90 Å². The molecule has 0 saturated carbocycles. The van der Waals surface area contributed by atoms with Gasteiger partial charge >= 0.3 is 0 Å². The van der Waals surface area contributed by atoms with Gasteiger partial charge < -0.3 is 10.4 Å². The van der Waals surface area contributed by atoms with E-state index in [9.17, 15) is 19.5 Å². The summed E-state index contributed by atoms with van der Waals surface area (Å²) < 4.78 is 0. The number of rotatable bonds is 2. The quantitative estimate of drug-likeness (QED) is 0.607. The highest BCUT2D eigenvalue weighted by molar-refractivity contribution is 6.30. The second-order valence-corrected chi connectivity index (χ2v) is 10.1. The van der Waals surface area contributed by atoms with Crippen LogP contribution in [0.1, 0.15) is 38.0 Å². The Hall–Kier alpha value is -2.74. The van der Waals surface area contributed by atoms with Crippen molar-refractivity contribution in [2.24, 2.45) is 11.8 Å². The molecule has 3 amide bonds. The van der Waals surface area contributed by atoms with Crippen molar-refractivity contribution in [2.45, 2.75) is 44.0 Å². The lowest BCUT2D eigenvalue weighted by Crippen LogP contribution is -2.56. The summed E-state index contributed by atoms with van der Waals surface area (Å²) in [5.41, 5.74) is -0.442. The molecule has 3 aliphatic heterocycles. The van der Waals surface area contributed by atoms with Crippen molar-refractivity contribution >= 4 is 35.0 Å². The molecule has 2 saturated heterocycles. The monoisotopic (exact) mass is 453 g/mol. The zero-order chi connectivity index (χ0) is 23.0. The van der Waals surface area contributed by atoms with Gasteiger partial charge in [0, 0.05) is 21.8 Å². The molecule has 7 nitrogen and oxygen atoms in total. The summed E-state index contributed by atoms with van der Waals surface area (Å²) in [5, 5.41) is 17.9. The molecule has 8 heteroatoms. The topological polar surface area (TPSA) is 98.7 Å². The Morgan fingerprint density at radius 1 is 1.03 bits per heavy atom. The number of amides is 3. The van der Waals surface area contributed by atoms with Gasteiger partial charge in [-0.15, -0.1) is 0 Å². The highest BCUT2D eigenvalue weighted by Gasteiger charge is 2.72. The summed E-state index contributed by atoms with van der Waals surface area (Å²) >= 11 is 5.99. The molecule has 0 unspecified atom stereocenters. The number of halogens is 1. The fraction of sp³-hybridized carbons (Fsp3) is 0.375. The number of hydrogen-bond acceptors (Lipinski definition) is 5. The van der Waals surface area contributed by atoms with Crippen LogP contribution in [0.25, 0.3) is 0 Å². The van der Waals surface area contributed by atoms with E-state index >= 15 is 0 Å². The lowest BCUT2D eigenvalue weighted by Gasteiger charge is -2.35. The first-order valence-electron chi connectivity index (χ1n) is 10.6. The van der Waals surface area contributed by atoms with Gasteiger partial charge in [0.2, 0.25) is 17.7 Å². The van der Waals surface area contributed by atoms with E-state index in [1.54, 1.807) is 69.3 Å². The number of para-hydroxylation sites is 1. The zero-order valence-corrected chi connectivity index (χ0v) is 18.7. The Morgan fingerprint density at radius 2 is 1.69 bits per heavy atom. The number of likely N-dealkylation sites (tertiary alicyclic amines) is 1. The van der Waals surface area contributed by atoms with E-state index in [0.29, 0.717) is 21.8 Å². The number of anilines is 1. The second kappa shape index (κ2) is 6.88. The van der Waals surface area contributed by atoms with Crippen molar-refractivity contribution in [2.75, 3.05) is 5.32 Å². The predicted octanol–water partition coefficient (Wildman–Crippen LogP) is 2.59. The maximum Gasteiger partial charge on any atom is 0.250 e. The maximum atomic E-state index is 13.7. The van der Waals surface area contributed by atoms with Gasteiger partial charge in [0.15, 0.2) is 0 Å². The fourth-order valence-electron chi connectivity index (χ4n) is 5.49. The molecule has 0 aliphatic carbocycles. The van der Waals surface area contributed by atoms with Gasteiger partial charge in [-0.1, -0.05) is 41.9 Å². The fourth-order valence-corrected chi connectivity index (χ4v) is 5.61. The predicted molar refractivity (Wildman–Crippen MR) is 119 cm³/mol. The van der Waals surface area contributed by atoms with E-state index in [2.05, 4.69) is 10.6 Å². The number of carbonyl (C=O) groups is 3. The number of nitrogens with zero attached hydrogens (tertiary/aromatic N) is 1. The van der Waals surface area contributed by atoms with E-state index in [1.807, 2.05) is 0 Å². The number of carbonyl (C=O) groups excluding carboxylic acids is 3. The highest BCUT2D eigenvalue weighted by atomic mass is 35.5. The molecule has 3 heterocycles. The lowest BCUT2D eigenvalue weighted by atomic mass is 9.76. The second-order valence-electron chi connectivity index (χ2n) is 9.66. The van der Waals surface area contributed by atoms with Crippen LogP contribution < -0.4 is 10.6 Å². The number of aliphatic hydroxyl groups is 1. The van der Waals surface area contributed by atoms with Crippen LogP contribution in [0.15, 0.2) is 48.5 Å². The summed E-state index contributed by atoms with van der Waals surface area (Å²) in [6.07, 6.45) is -1.13. The Labute approximate surface area is 190 Å². The van der Waals surface area contributed by atoms with Crippen LogP contribution in [0.2, 0.25) is 5.02 Å². The van der Waals surface area contributed by atoms with Crippen LogP contribution in [0.3, 0.4) is 0 Å². The van der Waals surface area contributed by atoms with Crippen LogP contribution in [0.5, 0.6) is 0 Å². The minimum atomic E-state index is -1.44. The van der Waals surface area contributed by atoms with Gasteiger partial charge in [-0.3, -0.25) is 24.6 Å². The summed E-state index contributed by atoms with van der Waals surface area (Å²) in [6.45, 7) is 5.37. The van der Waals surface area contributed by atoms with Gasteiger partial charge in [0.05, 0.1) is 24.0 Å². The van der Waals surface area contributed by atoms with Gasteiger partial charge in [-0.05, 0) is 44.5 Å². The number of fused-ring (bicyclic) bond motifs is 4. The summed E-state index contributed by atoms with van der Waals surface area (Å²) in [6, 6.07) is 13.0. The van der Waals surface area contributed by atoms with E-state index in [-0.39, 0.29) is 5.91 Å². The molecular weight excluding hydrogens is 430 g/mol. The molecule has 2 aromatic rings. The van der Waals surface area contributed by atoms with Crippen molar-refractivity contribution in [3.8, 4) is 0 Å². The molecule has 5 atom stereocenters. The standard InChI is InChI=1S/C24H24ClN3O4/c1-23(2,3)28-20(30)16-17(21(28)31)24(14-6-4-5-7-15(14)26-22(24)32)27-18(16)19(29)12-8-10-13(25)11-9-12/h4-11,16-19,27,29H,1-3H3,(H,26,32)/t16-,17-,18+,19+,24-/m0/s1. The molecule has 0 radical (unpaired) electrons. The Kier molecular flexibility index (Phi) is 4.54. The molecule has 0 aromatic heterocycles. The first kappa shape index (κ1) is 21.1. The largest absolute Gasteiger partial charge is 0.387 e. The minimum Gasteiger partial charge on any atom is -0.387 e. The van der Waals surface area contributed by atoms with Gasteiger partial charge in [0.25, 0.3) is 0 Å².